The molecular weight excluding hydrogens is 429 g/mol. The minimum absolute atomic E-state index is 0.200. The lowest BCUT2D eigenvalue weighted by Gasteiger charge is -2.28. The van der Waals surface area contributed by atoms with E-state index in [0.717, 1.165) is 5.56 Å². The second kappa shape index (κ2) is 9.32. The Labute approximate surface area is 178 Å². The molecule has 1 amide bonds. The van der Waals surface area contributed by atoms with Gasteiger partial charge in [0.1, 0.15) is 0 Å². The van der Waals surface area contributed by atoms with Crippen LogP contribution in [0.4, 0.5) is 0 Å². The molecule has 0 aliphatic heterocycles. The summed E-state index contributed by atoms with van der Waals surface area (Å²) in [7, 11) is 0. The lowest BCUT2D eigenvalue weighted by molar-refractivity contribution is -0.131. The average molecular weight is 449 g/mol. The van der Waals surface area contributed by atoms with E-state index in [1.807, 2.05) is 30.3 Å². The maximum atomic E-state index is 12.2. The zero-order valence-corrected chi connectivity index (χ0v) is 18.2. The van der Waals surface area contributed by atoms with Gasteiger partial charge in [-0.1, -0.05) is 97.7 Å². The van der Waals surface area contributed by atoms with Crippen LogP contribution in [0.2, 0.25) is 0 Å². The van der Waals surface area contributed by atoms with Gasteiger partial charge < -0.3 is 10.1 Å². The zero-order valence-electron chi connectivity index (χ0n) is 15.1. The molecule has 0 spiro atoms. The van der Waals surface area contributed by atoms with Crippen LogP contribution in [0.25, 0.3) is 0 Å². The summed E-state index contributed by atoms with van der Waals surface area (Å²) in [6, 6.07) is 11.5. The molecule has 2 rings (SSSR count). The Hall–Kier alpha value is -1.21. The Morgan fingerprint density at radius 1 is 1.19 bits per heavy atom. The van der Waals surface area contributed by atoms with Gasteiger partial charge in [-0.15, -0.1) is 0 Å². The maximum absolute atomic E-state index is 12.2. The van der Waals surface area contributed by atoms with Crippen LogP contribution >= 0.6 is 46.6 Å². The SMILES string of the molecule is CC(C)(C)C(=O)N[C@H](Oc1ccnc(SCc2ccccc2)n1)C(Cl)(Cl)Cl. The standard InChI is InChI=1S/C18H20Cl3N3O2S/c1-17(2,3)14(25)24-15(18(19,20)21)26-13-9-10-22-16(23-13)27-11-12-7-5-4-6-8-12/h4-10,15H,11H2,1-3H3,(H,24,25)/t15-/m1/s1. The molecular formula is C18H20Cl3N3O2S. The third kappa shape index (κ3) is 7.37. The number of nitrogens with zero attached hydrogens (tertiary/aromatic N) is 2. The van der Waals surface area contributed by atoms with Crippen molar-refractivity contribution in [3.63, 3.8) is 0 Å². The number of aromatic nitrogens is 2. The van der Waals surface area contributed by atoms with Crippen molar-refractivity contribution in [1.82, 2.24) is 15.3 Å². The molecule has 0 saturated heterocycles. The van der Waals surface area contributed by atoms with Crippen LogP contribution in [0.5, 0.6) is 5.88 Å². The normalized spacial score (nSPS) is 13.1. The summed E-state index contributed by atoms with van der Waals surface area (Å²) in [5.74, 6) is 0.594. The van der Waals surface area contributed by atoms with Crippen LogP contribution in [0.1, 0.15) is 26.3 Å². The molecule has 0 unspecified atom stereocenters. The van der Waals surface area contributed by atoms with Gasteiger partial charge in [-0.3, -0.25) is 4.79 Å². The molecule has 0 fully saturated rings. The fourth-order valence-corrected chi connectivity index (χ4v) is 2.89. The van der Waals surface area contributed by atoms with E-state index < -0.39 is 15.4 Å². The number of nitrogens with one attached hydrogen (secondary N) is 1. The van der Waals surface area contributed by atoms with Crippen LogP contribution < -0.4 is 10.1 Å². The molecule has 5 nitrogen and oxygen atoms in total. The lowest BCUT2D eigenvalue weighted by Crippen LogP contribution is -2.51. The number of carbonyl (C=O) groups excluding carboxylic acids is 1. The second-order valence-electron chi connectivity index (χ2n) is 6.71. The quantitative estimate of drug-likeness (QED) is 0.291. The number of halogens is 3. The van der Waals surface area contributed by atoms with Crippen molar-refractivity contribution in [2.24, 2.45) is 5.41 Å². The summed E-state index contributed by atoms with van der Waals surface area (Å²) in [6.45, 7) is 5.25. The summed E-state index contributed by atoms with van der Waals surface area (Å²) >= 11 is 19.4. The number of rotatable bonds is 6. The Bertz CT molecular complexity index is 764. The molecule has 1 N–H and O–H groups in total. The van der Waals surface area contributed by atoms with E-state index in [4.69, 9.17) is 39.5 Å². The molecule has 0 aliphatic carbocycles. The van der Waals surface area contributed by atoms with E-state index in [1.54, 1.807) is 33.0 Å². The highest BCUT2D eigenvalue weighted by Gasteiger charge is 2.38. The number of hydrogen-bond acceptors (Lipinski definition) is 5. The van der Waals surface area contributed by atoms with E-state index in [2.05, 4.69) is 15.3 Å². The van der Waals surface area contributed by atoms with Crippen molar-refractivity contribution in [3.8, 4) is 5.88 Å². The maximum Gasteiger partial charge on any atom is 0.246 e. The monoisotopic (exact) mass is 447 g/mol. The molecule has 0 bridgehead atoms. The summed E-state index contributed by atoms with van der Waals surface area (Å²) in [5, 5.41) is 3.11. The van der Waals surface area contributed by atoms with Crippen LogP contribution in [-0.4, -0.2) is 25.9 Å². The van der Waals surface area contributed by atoms with Crippen molar-refractivity contribution < 1.29 is 9.53 Å². The third-order valence-corrected chi connectivity index (χ3v) is 4.83. The van der Waals surface area contributed by atoms with E-state index in [0.29, 0.717) is 10.9 Å². The first-order chi connectivity index (χ1) is 12.6. The molecule has 2 aromatic rings. The Morgan fingerprint density at radius 3 is 2.44 bits per heavy atom. The number of amides is 1. The van der Waals surface area contributed by atoms with Gasteiger partial charge in [0.15, 0.2) is 5.16 Å². The fraction of sp³-hybridized carbons (Fsp3) is 0.389. The number of carbonyl (C=O) groups is 1. The number of ether oxygens (including phenoxy) is 1. The molecule has 1 atom stereocenters. The van der Waals surface area contributed by atoms with Crippen molar-refractivity contribution in [2.75, 3.05) is 0 Å². The second-order valence-corrected chi connectivity index (χ2v) is 10.0. The van der Waals surface area contributed by atoms with Crippen LogP contribution in [-0.2, 0) is 10.5 Å². The third-order valence-electron chi connectivity index (χ3n) is 3.30. The number of benzene rings is 1. The number of alkyl halides is 3. The Morgan fingerprint density at radius 2 is 1.85 bits per heavy atom. The molecule has 0 saturated carbocycles. The molecule has 146 valence electrons. The highest BCUT2D eigenvalue weighted by Crippen LogP contribution is 2.32. The Balaban J connectivity index is 2.08. The largest absolute Gasteiger partial charge is 0.449 e. The molecule has 1 heterocycles. The van der Waals surface area contributed by atoms with Gasteiger partial charge in [-0.25, -0.2) is 4.98 Å². The first-order valence-electron chi connectivity index (χ1n) is 8.10. The molecule has 1 aromatic heterocycles. The molecule has 9 heteroatoms. The van der Waals surface area contributed by atoms with Gasteiger partial charge in [0.2, 0.25) is 21.8 Å². The topological polar surface area (TPSA) is 64.1 Å². The number of hydrogen-bond donors (Lipinski definition) is 1. The molecule has 0 radical (unpaired) electrons. The highest BCUT2D eigenvalue weighted by atomic mass is 35.6. The summed E-state index contributed by atoms with van der Waals surface area (Å²) in [5.41, 5.74) is 0.480. The van der Waals surface area contributed by atoms with E-state index in [9.17, 15) is 4.79 Å². The molecule has 27 heavy (non-hydrogen) atoms. The van der Waals surface area contributed by atoms with Gasteiger partial charge in [0.05, 0.1) is 0 Å². The van der Waals surface area contributed by atoms with Crippen LogP contribution in [0.3, 0.4) is 0 Å². The van der Waals surface area contributed by atoms with Crippen molar-refractivity contribution in [3.05, 3.63) is 48.2 Å². The van der Waals surface area contributed by atoms with Gasteiger partial charge >= 0.3 is 0 Å². The first-order valence-corrected chi connectivity index (χ1v) is 10.2. The first kappa shape index (κ1) is 22.1. The predicted molar refractivity (Wildman–Crippen MR) is 110 cm³/mol. The smallest absolute Gasteiger partial charge is 0.246 e. The van der Waals surface area contributed by atoms with E-state index >= 15 is 0 Å². The van der Waals surface area contributed by atoms with Crippen molar-refractivity contribution in [2.45, 2.75) is 41.7 Å². The molecule has 0 aliphatic rings. The van der Waals surface area contributed by atoms with Crippen molar-refractivity contribution >= 4 is 52.5 Å². The van der Waals surface area contributed by atoms with Gasteiger partial charge in [-0.05, 0) is 5.56 Å². The van der Waals surface area contributed by atoms with E-state index in [-0.39, 0.29) is 11.8 Å². The number of thioether (sulfide) groups is 1. The minimum Gasteiger partial charge on any atom is -0.449 e. The van der Waals surface area contributed by atoms with E-state index in [1.165, 1.54) is 11.8 Å². The van der Waals surface area contributed by atoms with Gasteiger partial charge in [0, 0.05) is 23.4 Å². The van der Waals surface area contributed by atoms with Crippen LogP contribution in [0, 0.1) is 5.41 Å². The van der Waals surface area contributed by atoms with Crippen LogP contribution in [0.15, 0.2) is 47.8 Å². The van der Waals surface area contributed by atoms with Gasteiger partial charge in [0.25, 0.3) is 0 Å². The summed E-state index contributed by atoms with van der Waals surface area (Å²) < 4.78 is 3.77. The summed E-state index contributed by atoms with van der Waals surface area (Å²) in [6.07, 6.45) is 0.354. The molecule has 1 aromatic carbocycles. The minimum atomic E-state index is -1.87. The lowest BCUT2D eigenvalue weighted by atomic mass is 9.96. The van der Waals surface area contributed by atoms with Gasteiger partial charge in [-0.2, -0.15) is 4.98 Å². The fourth-order valence-electron chi connectivity index (χ4n) is 1.82. The van der Waals surface area contributed by atoms with Crippen molar-refractivity contribution in [1.29, 1.82) is 0 Å². The average Bonchev–Trinajstić information content (AvgIpc) is 2.59. The Kier molecular flexibility index (Phi) is 7.63. The highest BCUT2D eigenvalue weighted by molar-refractivity contribution is 7.98. The summed E-state index contributed by atoms with van der Waals surface area (Å²) in [4.78, 5) is 20.8. The zero-order chi connectivity index (χ0) is 20.1. The predicted octanol–water partition coefficient (Wildman–Crippen LogP) is 5.01.